The Kier molecular flexibility index (Phi) is 5.07. The van der Waals surface area contributed by atoms with Gasteiger partial charge in [0.2, 0.25) is 5.91 Å². The van der Waals surface area contributed by atoms with Gasteiger partial charge >= 0.3 is 0 Å². The Labute approximate surface area is 85.0 Å². The number of nitrogens with two attached hydrogens (primary N) is 1. The van der Waals surface area contributed by atoms with Gasteiger partial charge in [-0.15, -0.1) is 0 Å². The number of carbonyl (C=O) groups is 1. The van der Waals surface area contributed by atoms with Gasteiger partial charge in [0.05, 0.1) is 11.8 Å². The average Bonchev–Trinajstić information content (AvgIpc) is 2.00. The molecule has 5 nitrogen and oxygen atoms in total. The van der Waals surface area contributed by atoms with Gasteiger partial charge in [-0.1, -0.05) is 13.8 Å². The molecule has 0 bridgehead atoms. The first-order valence-corrected chi connectivity index (χ1v) is 6.51. The standard InChI is InChI=1S/C8H18N2O3S/c1-6(2)7(9)8(11)10-4-5-14(3,12)13/h6-7H,4-5,9H2,1-3H3,(H,10,11)/t7-/m1/s1. The summed E-state index contributed by atoms with van der Waals surface area (Å²) in [6.07, 6.45) is 1.13. The Morgan fingerprint density at radius 1 is 1.43 bits per heavy atom. The van der Waals surface area contributed by atoms with Crippen molar-refractivity contribution in [2.45, 2.75) is 19.9 Å². The lowest BCUT2D eigenvalue weighted by atomic mass is 10.1. The quantitative estimate of drug-likeness (QED) is 0.633. The van der Waals surface area contributed by atoms with Gasteiger partial charge in [-0.3, -0.25) is 4.79 Å². The van der Waals surface area contributed by atoms with E-state index in [1.807, 2.05) is 13.8 Å². The lowest BCUT2D eigenvalue weighted by Crippen LogP contribution is -2.45. The molecule has 0 saturated carbocycles. The Bertz CT molecular complexity index is 285. The smallest absolute Gasteiger partial charge is 0.237 e. The van der Waals surface area contributed by atoms with Gasteiger partial charge in [-0.25, -0.2) is 8.42 Å². The van der Waals surface area contributed by atoms with Gasteiger partial charge in [0.25, 0.3) is 0 Å². The van der Waals surface area contributed by atoms with Crippen molar-refractivity contribution in [3.05, 3.63) is 0 Å². The number of nitrogens with one attached hydrogen (secondary N) is 1. The van der Waals surface area contributed by atoms with Gasteiger partial charge in [-0.2, -0.15) is 0 Å². The van der Waals surface area contributed by atoms with Crippen molar-refractivity contribution >= 4 is 15.7 Å². The summed E-state index contributed by atoms with van der Waals surface area (Å²) in [6, 6.07) is -0.574. The summed E-state index contributed by atoms with van der Waals surface area (Å²) >= 11 is 0. The minimum Gasteiger partial charge on any atom is -0.354 e. The van der Waals surface area contributed by atoms with Crippen LogP contribution < -0.4 is 11.1 Å². The van der Waals surface area contributed by atoms with Crippen LogP contribution in [0.1, 0.15) is 13.8 Å². The molecular weight excluding hydrogens is 204 g/mol. The highest BCUT2D eigenvalue weighted by atomic mass is 32.2. The summed E-state index contributed by atoms with van der Waals surface area (Å²) in [6.45, 7) is 3.79. The number of hydrogen-bond acceptors (Lipinski definition) is 4. The molecule has 0 saturated heterocycles. The number of hydrogen-bond donors (Lipinski definition) is 2. The summed E-state index contributed by atoms with van der Waals surface area (Å²) in [5, 5.41) is 2.48. The van der Waals surface area contributed by atoms with Gasteiger partial charge < -0.3 is 11.1 Å². The first kappa shape index (κ1) is 13.4. The van der Waals surface area contributed by atoms with E-state index in [-0.39, 0.29) is 24.1 Å². The van der Waals surface area contributed by atoms with E-state index in [1.165, 1.54) is 0 Å². The molecule has 0 aliphatic rings. The molecule has 0 radical (unpaired) electrons. The first-order valence-electron chi connectivity index (χ1n) is 4.45. The van der Waals surface area contributed by atoms with Crippen LogP contribution in [0.25, 0.3) is 0 Å². The maximum absolute atomic E-state index is 11.2. The molecule has 0 aromatic rings. The second-order valence-corrected chi connectivity index (χ2v) is 5.95. The van der Waals surface area contributed by atoms with E-state index in [0.717, 1.165) is 6.26 Å². The molecule has 0 fully saturated rings. The molecule has 1 amide bonds. The largest absolute Gasteiger partial charge is 0.354 e. The molecule has 0 unspecified atom stereocenters. The SMILES string of the molecule is CC(C)[C@@H](N)C(=O)NCCS(C)(=O)=O. The fourth-order valence-corrected chi connectivity index (χ4v) is 1.25. The number of sulfone groups is 1. The molecule has 1 atom stereocenters. The summed E-state index contributed by atoms with van der Waals surface area (Å²) in [5.41, 5.74) is 5.55. The van der Waals surface area contributed by atoms with Crippen LogP contribution in [0, 0.1) is 5.92 Å². The van der Waals surface area contributed by atoms with Gasteiger partial charge in [0, 0.05) is 12.8 Å². The zero-order valence-electron chi connectivity index (χ0n) is 8.78. The molecular formula is C8H18N2O3S. The lowest BCUT2D eigenvalue weighted by molar-refractivity contribution is -0.123. The molecule has 3 N–H and O–H groups in total. The number of rotatable bonds is 5. The van der Waals surface area contributed by atoms with Crippen LogP contribution in [0.2, 0.25) is 0 Å². The van der Waals surface area contributed by atoms with E-state index in [2.05, 4.69) is 5.32 Å². The van der Waals surface area contributed by atoms with Crippen molar-refractivity contribution in [3.63, 3.8) is 0 Å². The average molecular weight is 222 g/mol. The van der Waals surface area contributed by atoms with Crippen LogP contribution >= 0.6 is 0 Å². The minimum atomic E-state index is -3.02. The molecule has 0 aromatic carbocycles. The Morgan fingerprint density at radius 3 is 2.29 bits per heavy atom. The lowest BCUT2D eigenvalue weighted by Gasteiger charge is -2.14. The normalized spacial score (nSPS) is 14.1. The molecule has 6 heteroatoms. The minimum absolute atomic E-state index is 0.0493. The predicted molar refractivity (Wildman–Crippen MR) is 55.5 cm³/mol. The molecule has 0 aliphatic heterocycles. The number of amides is 1. The molecule has 0 aliphatic carbocycles. The van der Waals surface area contributed by atoms with Gasteiger partial charge in [-0.05, 0) is 5.92 Å². The van der Waals surface area contributed by atoms with E-state index in [1.54, 1.807) is 0 Å². The highest BCUT2D eigenvalue weighted by Crippen LogP contribution is 1.97. The topological polar surface area (TPSA) is 89.3 Å². The second kappa shape index (κ2) is 5.31. The van der Waals surface area contributed by atoms with E-state index in [4.69, 9.17) is 5.73 Å². The first-order chi connectivity index (χ1) is 6.24. The highest BCUT2D eigenvalue weighted by Gasteiger charge is 2.16. The van der Waals surface area contributed by atoms with Crippen molar-refractivity contribution in [1.29, 1.82) is 0 Å². The van der Waals surface area contributed by atoms with Crippen LogP contribution in [0.4, 0.5) is 0 Å². The fourth-order valence-electron chi connectivity index (χ4n) is 0.780. The van der Waals surface area contributed by atoms with Gasteiger partial charge in [0.1, 0.15) is 9.84 Å². The Morgan fingerprint density at radius 2 is 1.93 bits per heavy atom. The monoisotopic (exact) mass is 222 g/mol. The summed E-state index contributed by atoms with van der Waals surface area (Å²) in [7, 11) is -3.02. The Balaban J connectivity index is 3.87. The van der Waals surface area contributed by atoms with E-state index >= 15 is 0 Å². The third-order valence-electron chi connectivity index (χ3n) is 1.79. The third kappa shape index (κ3) is 5.93. The predicted octanol–water partition coefficient (Wildman–Crippen LogP) is -0.869. The van der Waals surface area contributed by atoms with Crippen LogP contribution in [0.5, 0.6) is 0 Å². The maximum Gasteiger partial charge on any atom is 0.237 e. The summed E-state index contributed by atoms with van der Waals surface area (Å²) < 4.78 is 21.5. The maximum atomic E-state index is 11.2. The molecule has 0 spiro atoms. The Hall–Kier alpha value is -0.620. The summed E-state index contributed by atoms with van der Waals surface area (Å²) in [4.78, 5) is 11.2. The van der Waals surface area contributed by atoms with Crippen molar-refractivity contribution in [1.82, 2.24) is 5.32 Å². The van der Waals surface area contributed by atoms with Crippen LogP contribution in [-0.4, -0.2) is 38.9 Å². The zero-order valence-corrected chi connectivity index (χ0v) is 9.60. The number of carbonyl (C=O) groups excluding carboxylic acids is 1. The highest BCUT2D eigenvalue weighted by molar-refractivity contribution is 7.90. The van der Waals surface area contributed by atoms with E-state index in [0.29, 0.717) is 0 Å². The third-order valence-corrected chi connectivity index (χ3v) is 2.74. The van der Waals surface area contributed by atoms with Crippen molar-refractivity contribution in [3.8, 4) is 0 Å². The molecule has 0 aromatic heterocycles. The second-order valence-electron chi connectivity index (χ2n) is 3.69. The van der Waals surface area contributed by atoms with Crippen LogP contribution in [0.3, 0.4) is 0 Å². The van der Waals surface area contributed by atoms with Crippen molar-refractivity contribution < 1.29 is 13.2 Å². The molecule has 84 valence electrons. The van der Waals surface area contributed by atoms with E-state index < -0.39 is 15.9 Å². The molecule has 14 heavy (non-hydrogen) atoms. The van der Waals surface area contributed by atoms with Crippen molar-refractivity contribution in [2.75, 3.05) is 18.6 Å². The van der Waals surface area contributed by atoms with Crippen LogP contribution in [0.15, 0.2) is 0 Å². The van der Waals surface area contributed by atoms with Crippen molar-refractivity contribution in [2.24, 2.45) is 11.7 Å². The van der Waals surface area contributed by atoms with E-state index in [9.17, 15) is 13.2 Å². The molecule has 0 heterocycles. The molecule has 0 rings (SSSR count). The van der Waals surface area contributed by atoms with Crippen LogP contribution in [-0.2, 0) is 14.6 Å². The zero-order chi connectivity index (χ0) is 11.4. The summed E-state index contributed by atoms with van der Waals surface area (Å²) in [5.74, 6) is -0.305. The fraction of sp³-hybridized carbons (Fsp3) is 0.875. The van der Waals surface area contributed by atoms with Gasteiger partial charge in [0.15, 0.2) is 0 Å².